The maximum Gasteiger partial charge on any atom is 0.332 e. The Labute approximate surface area is 126 Å². The Morgan fingerprint density at radius 2 is 2.19 bits per heavy atom. The molecule has 1 aliphatic carbocycles. The van der Waals surface area contributed by atoms with Crippen LogP contribution in [0.3, 0.4) is 0 Å². The highest BCUT2D eigenvalue weighted by molar-refractivity contribution is 7.16. The molecule has 0 saturated heterocycles. The molecular formula is C14H16N2O4S. The number of hydrogen-bond donors (Lipinski definition) is 1. The van der Waals surface area contributed by atoms with Crippen molar-refractivity contribution < 1.29 is 19.1 Å². The van der Waals surface area contributed by atoms with Crippen molar-refractivity contribution in [1.82, 2.24) is 0 Å². The van der Waals surface area contributed by atoms with Crippen LogP contribution in [-0.2, 0) is 31.9 Å². The number of aryl methyl sites for hydroxylation is 1. The molecule has 1 aliphatic rings. The van der Waals surface area contributed by atoms with E-state index in [1.54, 1.807) is 6.92 Å². The molecule has 0 atom stereocenters. The van der Waals surface area contributed by atoms with Gasteiger partial charge in [-0.3, -0.25) is 4.79 Å². The van der Waals surface area contributed by atoms with E-state index in [1.165, 1.54) is 11.3 Å². The molecule has 1 amide bonds. The number of anilines is 1. The molecule has 1 heterocycles. The minimum absolute atomic E-state index is 0.166. The summed E-state index contributed by atoms with van der Waals surface area (Å²) in [5, 5.41) is 12.4. The highest BCUT2D eigenvalue weighted by atomic mass is 32.1. The molecule has 1 N–H and O–H groups in total. The lowest BCUT2D eigenvalue weighted by molar-refractivity contribution is -0.151. The van der Waals surface area contributed by atoms with Gasteiger partial charge in [-0.25, -0.2) is 4.79 Å². The highest BCUT2D eigenvalue weighted by Gasteiger charge is 2.23. The van der Waals surface area contributed by atoms with Gasteiger partial charge in [-0.1, -0.05) is 0 Å². The lowest BCUT2D eigenvalue weighted by atomic mass is 10.1. The largest absolute Gasteiger partial charge is 0.454 e. The van der Waals surface area contributed by atoms with E-state index in [2.05, 4.69) is 11.4 Å². The second-order valence-electron chi connectivity index (χ2n) is 4.52. The third-order valence-electron chi connectivity index (χ3n) is 3.07. The number of hydrogen-bond acceptors (Lipinski definition) is 6. The fourth-order valence-electron chi connectivity index (χ4n) is 2.15. The number of ether oxygens (including phenoxy) is 2. The summed E-state index contributed by atoms with van der Waals surface area (Å²) in [6, 6.07) is 2.14. The zero-order valence-electron chi connectivity index (χ0n) is 11.7. The van der Waals surface area contributed by atoms with Crippen LogP contribution in [0.2, 0.25) is 0 Å². The molecule has 112 valence electrons. The van der Waals surface area contributed by atoms with Crippen molar-refractivity contribution >= 4 is 28.2 Å². The Balaban J connectivity index is 1.89. The van der Waals surface area contributed by atoms with E-state index in [1.807, 2.05) is 0 Å². The van der Waals surface area contributed by atoms with Gasteiger partial charge in [0.2, 0.25) is 0 Å². The molecule has 1 aromatic rings. The first-order valence-corrected chi connectivity index (χ1v) is 7.55. The van der Waals surface area contributed by atoms with Gasteiger partial charge in [0.15, 0.2) is 6.61 Å². The van der Waals surface area contributed by atoms with E-state index in [4.69, 9.17) is 9.47 Å². The number of carbonyl (C=O) groups excluding carboxylic acids is 2. The topological polar surface area (TPSA) is 88.4 Å². The zero-order valence-corrected chi connectivity index (χ0v) is 12.5. The van der Waals surface area contributed by atoms with E-state index in [-0.39, 0.29) is 13.2 Å². The number of nitrogens with one attached hydrogen (secondary N) is 1. The number of thiophene rings is 1. The Morgan fingerprint density at radius 3 is 2.90 bits per heavy atom. The predicted octanol–water partition coefficient (Wildman–Crippen LogP) is 1.63. The number of nitrogens with zero attached hydrogens (tertiary/aromatic N) is 1. The molecule has 7 heteroatoms. The van der Waals surface area contributed by atoms with E-state index in [0.29, 0.717) is 17.2 Å². The summed E-state index contributed by atoms with van der Waals surface area (Å²) >= 11 is 1.43. The molecule has 0 bridgehead atoms. The van der Waals surface area contributed by atoms with Crippen LogP contribution in [0.5, 0.6) is 0 Å². The second-order valence-corrected chi connectivity index (χ2v) is 5.62. The summed E-state index contributed by atoms with van der Waals surface area (Å²) < 4.78 is 9.65. The SMILES string of the molecule is CCOCC(=O)OCC(=O)Nc1sc2c(c1C#N)CCC2. The number of rotatable bonds is 6. The molecule has 0 aromatic carbocycles. The van der Waals surface area contributed by atoms with Gasteiger partial charge in [-0.05, 0) is 31.7 Å². The third kappa shape index (κ3) is 3.80. The summed E-state index contributed by atoms with van der Waals surface area (Å²) in [6.45, 7) is 1.63. The van der Waals surface area contributed by atoms with Crippen molar-refractivity contribution in [3.05, 3.63) is 16.0 Å². The van der Waals surface area contributed by atoms with Gasteiger partial charge in [0.1, 0.15) is 17.7 Å². The Morgan fingerprint density at radius 1 is 1.38 bits per heavy atom. The molecule has 21 heavy (non-hydrogen) atoms. The fraction of sp³-hybridized carbons (Fsp3) is 0.500. The number of nitriles is 1. The summed E-state index contributed by atoms with van der Waals surface area (Å²) in [5.74, 6) is -1.03. The first-order chi connectivity index (χ1) is 10.2. The zero-order chi connectivity index (χ0) is 15.2. The molecule has 2 rings (SSSR count). The Hall–Kier alpha value is -1.91. The van der Waals surface area contributed by atoms with Crippen molar-refractivity contribution in [2.24, 2.45) is 0 Å². The van der Waals surface area contributed by atoms with Gasteiger partial charge in [0.05, 0.1) is 5.56 Å². The summed E-state index contributed by atoms with van der Waals surface area (Å²) in [7, 11) is 0. The molecule has 0 unspecified atom stereocenters. The van der Waals surface area contributed by atoms with Crippen molar-refractivity contribution in [2.75, 3.05) is 25.1 Å². The molecular weight excluding hydrogens is 292 g/mol. The van der Waals surface area contributed by atoms with Gasteiger partial charge in [-0.15, -0.1) is 11.3 Å². The van der Waals surface area contributed by atoms with E-state index >= 15 is 0 Å². The number of carbonyl (C=O) groups is 2. The van der Waals surface area contributed by atoms with Crippen LogP contribution in [0, 0.1) is 11.3 Å². The van der Waals surface area contributed by atoms with Crippen molar-refractivity contribution in [3.63, 3.8) is 0 Å². The average Bonchev–Trinajstić information content (AvgIpc) is 3.03. The van der Waals surface area contributed by atoms with Crippen molar-refractivity contribution in [3.8, 4) is 6.07 Å². The summed E-state index contributed by atoms with van der Waals surface area (Å²) in [4.78, 5) is 24.1. The maximum atomic E-state index is 11.8. The second kappa shape index (κ2) is 7.20. The average molecular weight is 308 g/mol. The van der Waals surface area contributed by atoms with Crippen LogP contribution >= 0.6 is 11.3 Å². The molecule has 6 nitrogen and oxygen atoms in total. The number of fused-ring (bicyclic) bond motifs is 1. The summed E-state index contributed by atoms with van der Waals surface area (Å²) in [6.07, 6.45) is 2.89. The van der Waals surface area contributed by atoms with Gasteiger partial charge >= 0.3 is 5.97 Å². The van der Waals surface area contributed by atoms with Crippen LogP contribution < -0.4 is 5.32 Å². The van der Waals surface area contributed by atoms with Gasteiger partial charge in [0, 0.05) is 11.5 Å². The van der Waals surface area contributed by atoms with Crippen LogP contribution in [0.4, 0.5) is 5.00 Å². The minimum atomic E-state index is -0.582. The monoisotopic (exact) mass is 308 g/mol. The minimum Gasteiger partial charge on any atom is -0.454 e. The summed E-state index contributed by atoms with van der Waals surface area (Å²) in [5.41, 5.74) is 1.59. The van der Waals surface area contributed by atoms with Crippen molar-refractivity contribution in [2.45, 2.75) is 26.2 Å². The molecule has 0 aliphatic heterocycles. The van der Waals surface area contributed by atoms with Crippen molar-refractivity contribution in [1.29, 1.82) is 5.26 Å². The van der Waals surface area contributed by atoms with E-state index < -0.39 is 11.9 Å². The van der Waals surface area contributed by atoms with Gasteiger partial charge < -0.3 is 14.8 Å². The lowest BCUT2D eigenvalue weighted by Gasteiger charge is -2.06. The normalized spacial score (nSPS) is 12.6. The Kier molecular flexibility index (Phi) is 5.31. The highest BCUT2D eigenvalue weighted by Crippen LogP contribution is 2.38. The molecule has 0 radical (unpaired) electrons. The lowest BCUT2D eigenvalue weighted by Crippen LogP contribution is -2.22. The van der Waals surface area contributed by atoms with E-state index in [9.17, 15) is 14.9 Å². The first-order valence-electron chi connectivity index (χ1n) is 6.73. The maximum absolute atomic E-state index is 11.8. The Bertz CT molecular complexity index is 589. The molecule has 1 aromatic heterocycles. The third-order valence-corrected chi connectivity index (χ3v) is 4.28. The van der Waals surface area contributed by atoms with Crippen LogP contribution in [0.1, 0.15) is 29.3 Å². The molecule has 0 spiro atoms. The fourth-order valence-corrected chi connectivity index (χ4v) is 3.40. The number of esters is 1. The number of amides is 1. The predicted molar refractivity (Wildman–Crippen MR) is 77.1 cm³/mol. The first kappa shape index (κ1) is 15.5. The quantitative estimate of drug-likeness (QED) is 0.807. The van der Waals surface area contributed by atoms with Gasteiger partial charge in [-0.2, -0.15) is 5.26 Å². The molecule has 0 fully saturated rings. The van der Waals surface area contributed by atoms with E-state index in [0.717, 1.165) is 29.7 Å². The van der Waals surface area contributed by atoms with Gasteiger partial charge in [0.25, 0.3) is 5.91 Å². The smallest absolute Gasteiger partial charge is 0.332 e. The van der Waals surface area contributed by atoms with Crippen LogP contribution in [0.15, 0.2) is 0 Å². The standard InChI is InChI=1S/C14H16N2O4S/c1-2-19-8-13(18)20-7-12(17)16-14-10(6-15)9-4-3-5-11(9)21-14/h2-5,7-8H2,1H3,(H,16,17). The molecule has 0 saturated carbocycles. The van der Waals surface area contributed by atoms with Crippen LogP contribution in [-0.4, -0.2) is 31.7 Å². The van der Waals surface area contributed by atoms with Crippen LogP contribution in [0.25, 0.3) is 0 Å².